The van der Waals surface area contributed by atoms with Gasteiger partial charge in [-0.1, -0.05) is 43.2 Å². The number of hydrogen-bond acceptors (Lipinski definition) is 4. The zero-order chi connectivity index (χ0) is 20.7. The highest BCUT2D eigenvalue weighted by Gasteiger charge is 2.55. The predicted molar refractivity (Wildman–Crippen MR) is 114 cm³/mol. The Labute approximate surface area is 177 Å². The number of ether oxygens (including phenoxy) is 2. The number of methoxy groups -OCH3 is 1. The lowest BCUT2D eigenvalue weighted by molar-refractivity contribution is -0.0137. The predicted octanol–water partition coefficient (Wildman–Crippen LogP) is 4.80. The van der Waals surface area contributed by atoms with Crippen LogP contribution in [0.4, 0.5) is 4.79 Å². The number of piperidine rings is 1. The number of hydrogen-bond donors (Lipinski definition) is 1. The maximum Gasteiger partial charge on any atom is 0.410 e. The van der Waals surface area contributed by atoms with Crippen LogP contribution in [0, 0.1) is 5.92 Å². The highest BCUT2D eigenvalue weighted by atomic mass is 16.6. The molecule has 2 aromatic carbocycles. The van der Waals surface area contributed by atoms with E-state index in [1.54, 1.807) is 7.11 Å². The van der Waals surface area contributed by atoms with Crippen molar-refractivity contribution in [1.82, 2.24) is 4.90 Å². The van der Waals surface area contributed by atoms with Crippen molar-refractivity contribution in [2.45, 2.75) is 56.6 Å². The number of rotatable bonds is 3. The summed E-state index contributed by atoms with van der Waals surface area (Å²) in [6.07, 6.45) is 6.16. The minimum atomic E-state index is -0.211. The number of carbonyl (C=O) groups is 1. The number of benzene rings is 2. The fourth-order valence-corrected chi connectivity index (χ4v) is 6.22. The van der Waals surface area contributed by atoms with Crippen molar-refractivity contribution in [3.63, 3.8) is 0 Å². The molecule has 0 aromatic heterocycles. The van der Waals surface area contributed by atoms with Gasteiger partial charge in [-0.15, -0.1) is 0 Å². The molecule has 1 saturated heterocycles. The fourth-order valence-electron chi connectivity index (χ4n) is 6.22. The molecule has 0 unspecified atom stereocenters. The van der Waals surface area contributed by atoms with Gasteiger partial charge in [0.25, 0.3) is 0 Å². The van der Waals surface area contributed by atoms with Crippen molar-refractivity contribution in [1.29, 1.82) is 0 Å². The van der Waals surface area contributed by atoms with Crippen molar-refractivity contribution < 1.29 is 19.4 Å². The molecule has 2 fully saturated rings. The molecule has 5 rings (SSSR count). The molecule has 2 aromatic rings. The molecule has 0 radical (unpaired) electrons. The van der Waals surface area contributed by atoms with Gasteiger partial charge in [0.05, 0.1) is 7.11 Å². The van der Waals surface area contributed by atoms with E-state index >= 15 is 0 Å². The van der Waals surface area contributed by atoms with E-state index < -0.39 is 0 Å². The standard InChI is InChI=1S/C25H29NO4/c1-29-23-14-18-13-21-19-9-5-6-10-25(19,20(18)15-22(23)27)11-12-26(21)24(28)30-16-17-7-3-2-4-8-17/h2-4,7-8,14-15,19,21,27H,5-6,9-13,16H2,1H3/t19-,21+,25+/m0/s1. The molecule has 2 aliphatic carbocycles. The number of phenols is 1. The molecule has 0 spiro atoms. The van der Waals surface area contributed by atoms with E-state index in [9.17, 15) is 9.90 Å². The summed E-state index contributed by atoms with van der Waals surface area (Å²) in [7, 11) is 1.58. The molecular weight excluding hydrogens is 378 g/mol. The van der Waals surface area contributed by atoms with Crippen LogP contribution < -0.4 is 4.74 Å². The van der Waals surface area contributed by atoms with Crippen molar-refractivity contribution in [3.8, 4) is 11.5 Å². The number of fused-ring (bicyclic) bond motifs is 1. The average Bonchev–Trinajstić information content (AvgIpc) is 2.78. The Morgan fingerprint density at radius 3 is 2.83 bits per heavy atom. The maximum atomic E-state index is 13.1. The van der Waals surface area contributed by atoms with E-state index in [4.69, 9.17) is 9.47 Å². The van der Waals surface area contributed by atoms with Crippen LogP contribution in [0.15, 0.2) is 42.5 Å². The molecule has 3 atom stereocenters. The molecule has 1 amide bonds. The molecule has 5 heteroatoms. The largest absolute Gasteiger partial charge is 0.504 e. The summed E-state index contributed by atoms with van der Waals surface area (Å²) in [5, 5.41) is 10.5. The molecule has 1 N–H and O–H groups in total. The van der Waals surface area contributed by atoms with Gasteiger partial charge >= 0.3 is 6.09 Å². The first-order valence-electron chi connectivity index (χ1n) is 11.0. The van der Waals surface area contributed by atoms with Crippen LogP contribution in [0.1, 0.15) is 48.8 Å². The normalized spacial score (nSPS) is 27.0. The van der Waals surface area contributed by atoms with Crippen molar-refractivity contribution in [3.05, 3.63) is 59.2 Å². The third-order valence-corrected chi connectivity index (χ3v) is 7.57. The Hall–Kier alpha value is -2.69. The first kappa shape index (κ1) is 19.3. The van der Waals surface area contributed by atoms with E-state index in [1.165, 1.54) is 24.0 Å². The lowest BCUT2D eigenvalue weighted by atomic mass is 9.52. The average molecular weight is 408 g/mol. The smallest absolute Gasteiger partial charge is 0.410 e. The third-order valence-electron chi connectivity index (χ3n) is 7.57. The Balaban J connectivity index is 1.44. The summed E-state index contributed by atoms with van der Waals surface area (Å²) in [6.45, 7) is 1.01. The van der Waals surface area contributed by atoms with Crippen molar-refractivity contribution in [2.24, 2.45) is 5.92 Å². The van der Waals surface area contributed by atoms with Gasteiger partial charge in [0.2, 0.25) is 0 Å². The zero-order valence-corrected chi connectivity index (χ0v) is 17.5. The number of aromatic hydroxyl groups is 1. The van der Waals surface area contributed by atoms with Gasteiger partial charge in [-0.25, -0.2) is 4.79 Å². The van der Waals surface area contributed by atoms with Crippen LogP contribution in [0.25, 0.3) is 0 Å². The van der Waals surface area contributed by atoms with Gasteiger partial charge in [-0.3, -0.25) is 0 Å². The zero-order valence-electron chi connectivity index (χ0n) is 17.5. The SMILES string of the molecule is COc1cc2c(cc1O)[C@@]13CCCC[C@H]1[C@@H](C2)N(C(=O)OCc1ccccc1)CC3. The topological polar surface area (TPSA) is 59.0 Å². The minimum absolute atomic E-state index is 0.0520. The number of carbonyl (C=O) groups excluding carboxylic acids is 1. The molecule has 5 nitrogen and oxygen atoms in total. The Kier molecular flexibility index (Phi) is 4.84. The molecule has 1 aliphatic heterocycles. The second-order valence-electron chi connectivity index (χ2n) is 8.94. The summed E-state index contributed by atoms with van der Waals surface area (Å²) in [5.74, 6) is 1.15. The van der Waals surface area contributed by atoms with Crippen LogP contribution >= 0.6 is 0 Å². The maximum absolute atomic E-state index is 13.1. The molecule has 3 aliphatic rings. The molecular formula is C25H29NO4. The third kappa shape index (κ3) is 3.03. The summed E-state index contributed by atoms with van der Waals surface area (Å²) >= 11 is 0. The van der Waals surface area contributed by atoms with Crippen LogP contribution in [0.5, 0.6) is 11.5 Å². The van der Waals surface area contributed by atoms with Gasteiger partial charge in [0, 0.05) is 18.0 Å². The van der Waals surface area contributed by atoms with Crippen molar-refractivity contribution in [2.75, 3.05) is 13.7 Å². The van der Waals surface area contributed by atoms with Gasteiger partial charge < -0.3 is 19.5 Å². The highest BCUT2D eigenvalue weighted by molar-refractivity contribution is 5.69. The monoisotopic (exact) mass is 407 g/mol. The Morgan fingerprint density at radius 1 is 1.20 bits per heavy atom. The van der Waals surface area contributed by atoms with Gasteiger partial charge in [0.1, 0.15) is 6.61 Å². The lowest BCUT2D eigenvalue weighted by Crippen LogP contribution is -2.62. The van der Waals surface area contributed by atoms with Crippen LogP contribution in [-0.4, -0.2) is 35.8 Å². The fraction of sp³-hybridized carbons (Fsp3) is 0.480. The molecule has 2 bridgehead atoms. The van der Waals surface area contributed by atoms with E-state index in [0.717, 1.165) is 31.2 Å². The Bertz CT molecular complexity index is 944. The Morgan fingerprint density at radius 2 is 2.03 bits per heavy atom. The number of nitrogens with zero attached hydrogens (tertiary/aromatic N) is 1. The van der Waals surface area contributed by atoms with Gasteiger partial charge in [0.15, 0.2) is 11.5 Å². The summed E-state index contributed by atoms with van der Waals surface area (Å²) < 4.78 is 11.1. The van der Waals surface area contributed by atoms with E-state index in [1.807, 2.05) is 47.4 Å². The van der Waals surface area contributed by atoms with Crippen LogP contribution in [0.2, 0.25) is 0 Å². The van der Waals surface area contributed by atoms with Crippen molar-refractivity contribution >= 4 is 6.09 Å². The first-order chi connectivity index (χ1) is 14.6. The number of phenolic OH excluding ortho intramolecular Hbond substituents is 1. The van der Waals surface area contributed by atoms with E-state index in [-0.39, 0.29) is 23.3 Å². The molecule has 1 saturated carbocycles. The summed E-state index contributed by atoms with van der Waals surface area (Å²) in [5.41, 5.74) is 3.53. The molecule has 1 heterocycles. The summed E-state index contributed by atoms with van der Waals surface area (Å²) in [6, 6.07) is 13.9. The van der Waals surface area contributed by atoms with Gasteiger partial charge in [-0.2, -0.15) is 0 Å². The van der Waals surface area contributed by atoms with Crippen LogP contribution in [0.3, 0.4) is 0 Å². The summed E-state index contributed by atoms with van der Waals surface area (Å²) in [4.78, 5) is 15.0. The highest BCUT2D eigenvalue weighted by Crippen LogP contribution is 2.57. The molecule has 158 valence electrons. The second-order valence-corrected chi connectivity index (χ2v) is 8.94. The van der Waals surface area contributed by atoms with Gasteiger partial charge in [-0.05, 0) is 60.4 Å². The number of likely N-dealkylation sites (tertiary alicyclic amines) is 1. The lowest BCUT2D eigenvalue weighted by Gasteiger charge is -2.58. The molecule has 30 heavy (non-hydrogen) atoms. The number of amides is 1. The quantitative estimate of drug-likeness (QED) is 0.794. The van der Waals surface area contributed by atoms with E-state index in [0.29, 0.717) is 24.8 Å². The second kappa shape index (κ2) is 7.53. The first-order valence-corrected chi connectivity index (χ1v) is 11.0. The van der Waals surface area contributed by atoms with Crippen LogP contribution in [-0.2, 0) is 23.2 Å². The minimum Gasteiger partial charge on any atom is -0.504 e. The van der Waals surface area contributed by atoms with E-state index in [2.05, 4.69) is 0 Å².